The van der Waals surface area contributed by atoms with Crippen molar-refractivity contribution in [3.63, 3.8) is 0 Å². The molecule has 170 valence electrons. The molecule has 5 N–H and O–H groups in total. The van der Waals surface area contributed by atoms with E-state index in [1.165, 1.54) is 19.2 Å². The van der Waals surface area contributed by atoms with Crippen LogP contribution in [0.2, 0.25) is 0 Å². The number of pyridine rings is 1. The molecule has 0 atom stereocenters. The van der Waals surface area contributed by atoms with Gasteiger partial charge in [-0.3, -0.25) is 0 Å². The van der Waals surface area contributed by atoms with Gasteiger partial charge in [-0.1, -0.05) is 12.5 Å². The highest BCUT2D eigenvalue weighted by atomic mass is 19.3. The molecule has 0 radical (unpaired) electrons. The highest BCUT2D eigenvalue weighted by molar-refractivity contribution is 6.10. The molecule has 0 saturated carbocycles. The first-order chi connectivity index (χ1) is 14.4. The van der Waals surface area contributed by atoms with Gasteiger partial charge in [0, 0.05) is 48.4 Å². The second kappa shape index (κ2) is 11.3. The minimum Gasteiger partial charge on any atom is -0.404 e. The zero-order valence-corrected chi connectivity index (χ0v) is 18.2. The summed E-state index contributed by atoms with van der Waals surface area (Å²) in [7, 11) is 0. The Morgan fingerprint density at radius 2 is 1.97 bits per heavy atom. The Morgan fingerprint density at radius 3 is 2.45 bits per heavy atom. The zero-order valence-electron chi connectivity index (χ0n) is 18.2. The van der Waals surface area contributed by atoms with Gasteiger partial charge in [0.25, 0.3) is 6.43 Å². The normalized spacial score (nSPS) is 15.0. The lowest BCUT2D eigenvalue weighted by Gasteiger charge is -2.12. The van der Waals surface area contributed by atoms with Crippen molar-refractivity contribution in [2.24, 2.45) is 21.5 Å². The van der Waals surface area contributed by atoms with Crippen molar-refractivity contribution in [3.8, 4) is 0 Å². The third-order valence-electron chi connectivity index (χ3n) is 4.22. The third-order valence-corrected chi connectivity index (χ3v) is 4.22. The van der Waals surface area contributed by atoms with E-state index in [9.17, 15) is 17.6 Å². The molecule has 1 aromatic heterocycles. The second-order valence-electron chi connectivity index (χ2n) is 6.90. The SMILES string of the molecule is CC/C(C)=C(N)/C=C(\N=C(/C)C(F)F)Nc1cc(C)c(C(=C/N)/C=N/C(C)(F)F)cn1. The lowest BCUT2D eigenvalue weighted by atomic mass is 10.0. The Labute approximate surface area is 179 Å². The van der Waals surface area contributed by atoms with Crippen LogP contribution in [0.15, 0.2) is 51.6 Å². The number of aryl methyl sites for hydroxylation is 1. The number of nitrogens with zero attached hydrogens (tertiary/aromatic N) is 3. The molecular formula is C21H28F4N6. The van der Waals surface area contributed by atoms with Crippen molar-refractivity contribution in [1.82, 2.24) is 4.98 Å². The number of aliphatic imine (C=N–C) groups is 2. The van der Waals surface area contributed by atoms with Crippen molar-refractivity contribution < 1.29 is 17.6 Å². The topological polar surface area (TPSA) is 102 Å². The van der Waals surface area contributed by atoms with E-state index < -0.39 is 12.5 Å². The summed E-state index contributed by atoms with van der Waals surface area (Å²) < 4.78 is 52.0. The predicted molar refractivity (Wildman–Crippen MR) is 118 cm³/mol. The standard InChI is InChI=1S/C21H28F4N6/c1-6-12(2)17(27)8-19(30-14(4)20(22)23)31-18-7-13(3)16(11-28-18)15(9-26)10-29-21(5,24)25/h7-11,20H,6,26-27H2,1-5H3,(H,28,31)/b15-9+,17-12-,19-8+,29-10+,30-14+. The van der Waals surface area contributed by atoms with E-state index in [0.717, 1.165) is 18.0 Å². The van der Waals surface area contributed by atoms with Crippen LogP contribution < -0.4 is 16.8 Å². The van der Waals surface area contributed by atoms with Gasteiger partial charge in [0.15, 0.2) is 0 Å². The molecule has 31 heavy (non-hydrogen) atoms. The Hall–Kier alpha value is -3.17. The van der Waals surface area contributed by atoms with E-state index >= 15 is 0 Å². The summed E-state index contributed by atoms with van der Waals surface area (Å²) in [5, 5.41) is 2.87. The summed E-state index contributed by atoms with van der Waals surface area (Å²) in [5.41, 5.74) is 13.8. The minimum atomic E-state index is -3.23. The van der Waals surface area contributed by atoms with Gasteiger partial charge in [0.05, 0.1) is 5.71 Å². The number of allylic oxidation sites excluding steroid dienone is 3. The Kier molecular flexibility index (Phi) is 9.41. The summed E-state index contributed by atoms with van der Waals surface area (Å²) in [4.78, 5) is 11.3. The van der Waals surface area contributed by atoms with Crippen molar-refractivity contribution in [1.29, 1.82) is 0 Å². The van der Waals surface area contributed by atoms with Gasteiger partial charge in [0.1, 0.15) is 11.6 Å². The predicted octanol–water partition coefficient (Wildman–Crippen LogP) is 5.00. The quantitative estimate of drug-likeness (QED) is 0.218. The molecule has 0 fully saturated rings. The number of anilines is 1. The lowest BCUT2D eigenvalue weighted by molar-refractivity contribution is 0.0333. The number of nitrogens with one attached hydrogen (secondary N) is 1. The van der Waals surface area contributed by atoms with Crippen molar-refractivity contribution in [2.75, 3.05) is 5.32 Å². The molecule has 10 heteroatoms. The number of aromatic nitrogens is 1. The van der Waals surface area contributed by atoms with Crippen LogP contribution in [0, 0.1) is 6.92 Å². The van der Waals surface area contributed by atoms with Crippen LogP contribution in [0.1, 0.15) is 45.2 Å². The maximum absolute atomic E-state index is 13.0. The number of hydrogen-bond acceptors (Lipinski definition) is 6. The molecule has 1 aromatic rings. The van der Waals surface area contributed by atoms with Gasteiger partial charge >= 0.3 is 6.05 Å². The van der Waals surface area contributed by atoms with Crippen LogP contribution in [-0.4, -0.2) is 29.4 Å². The van der Waals surface area contributed by atoms with Gasteiger partial charge < -0.3 is 16.8 Å². The van der Waals surface area contributed by atoms with Crippen LogP contribution in [0.3, 0.4) is 0 Å². The smallest absolute Gasteiger partial charge is 0.339 e. The van der Waals surface area contributed by atoms with E-state index in [2.05, 4.69) is 20.3 Å². The molecule has 0 aliphatic heterocycles. The summed E-state index contributed by atoms with van der Waals surface area (Å²) >= 11 is 0. The number of alkyl halides is 4. The highest BCUT2D eigenvalue weighted by Gasteiger charge is 2.18. The van der Waals surface area contributed by atoms with Crippen LogP contribution in [0.25, 0.3) is 5.57 Å². The lowest BCUT2D eigenvalue weighted by Crippen LogP contribution is -2.10. The fourth-order valence-electron chi connectivity index (χ4n) is 2.25. The van der Waals surface area contributed by atoms with Gasteiger partial charge in [-0.2, -0.15) is 8.78 Å². The van der Waals surface area contributed by atoms with Crippen LogP contribution in [0.5, 0.6) is 0 Å². The summed E-state index contributed by atoms with van der Waals surface area (Å²) in [5.74, 6) is 0.388. The Bertz CT molecular complexity index is 924. The molecule has 0 spiro atoms. The molecule has 1 heterocycles. The zero-order chi connectivity index (χ0) is 23.8. The molecule has 0 bridgehead atoms. The molecule has 0 aromatic carbocycles. The van der Waals surface area contributed by atoms with Crippen LogP contribution >= 0.6 is 0 Å². The molecule has 0 unspecified atom stereocenters. The average Bonchev–Trinajstić information content (AvgIpc) is 2.67. The van der Waals surface area contributed by atoms with Gasteiger partial charge in [-0.15, -0.1) is 0 Å². The second-order valence-corrected chi connectivity index (χ2v) is 6.90. The Morgan fingerprint density at radius 1 is 1.32 bits per heavy atom. The van der Waals surface area contributed by atoms with Gasteiger partial charge in [0.2, 0.25) is 0 Å². The van der Waals surface area contributed by atoms with E-state index in [1.807, 2.05) is 13.8 Å². The van der Waals surface area contributed by atoms with E-state index in [0.29, 0.717) is 36.0 Å². The molecule has 0 aliphatic rings. The fraction of sp³-hybridized carbons (Fsp3) is 0.381. The van der Waals surface area contributed by atoms with Gasteiger partial charge in [-0.05, 0) is 38.8 Å². The first-order valence-electron chi connectivity index (χ1n) is 9.47. The summed E-state index contributed by atoms with van der Waals surface area (Å²) in [6, 6.07) is -1.63. The van der Waals surface area contributed by atoms with Gasteiger partial charge in [-0.25, -0.2) is 23.7 Å². The monoisotopic (exact) mass is 440 g/mol. The number of rotatable bonds is 9. The Balaban J connectivity index is 3.31. The van der Waals surface area contributed by atoms with E-state index in [4.69, 9.17) is 11.5 Å². The first-order valence-corrected chi connectivity index (χ1v) is 9.47. The van der Waals surface area contributed by atoms with Crippen molar-refractivity contribution in [2.45, 2.75) is 53.5 Å². The molecule has 0 saturated heterocycles. The molecule has 0 aliphatic carbocycles. The van der Waals surface area contributed by atoms with Crippen molar-refractivity contribution in [3.05, 3.63) is 52.8 Å². The summed E-state index contributed by atoms with van der Waals surface area (Å²) in [6.45, 7) is 7.32. The maximum atomic E-state index is 13.0. The largest absolute Gasteiger partial charge is 0.404 e. The number of halogens is 4. The molecule has 0 amide bonds. The molecular weight excluding hydrogens is 412 g/mol. The highest BCUT2D eigenvalue weighted by Crippen LogP contribution is 2.22. The molecule has 1 rings (SSSR count). The van der Waals surface area contributed by atoms with Crippen LogP contribution in [0.4, 0.5) is 23.4 Å². The van der Waals surface area contributed by atoms with E-state index in [-0.39, 0.29) is 17.1 Å². The first kappa shape index (κ1) is 25.9. The average molecular weight is 440 g/mol. The van der Waals surface area contributed by atoms with Crippen molar-refractivity contribution >= 4 is 23.3 Å². The number of hydrogen-bond donors (Lipinski definition) is 3. The maximum Gasteiger partial charge on any atom is 0.339 e. The van der Waals surface area contributed by atoms with Crippen LogP contribution in [-0.2, 0) is 0 Å². The van der Waals surface area contributed by atoms with E-state index in [1.54, 1.807) is 13.0 Å². The number of nitrogens with two attached hydrogens (primary N) is 2. The molecule has 6 nitrogen and oxygen atoms in total. The minimum absolute atomic E-state index is 0.0875. The third kappa shape index (κ3) is 8.61. The summed E-state index contributed by atoms with van der Waals surface area (Å²) in [6.07, 6.45) is 2.94. The fourth-order valence-corrected chi connectivity index (χ4v) is 2.25.